The van der Waals surface area contributed by atoms with Crippen molar-refractivity contribution in [3.05, 3.63) is 0 Å². The summed E-state index contributed by atoms with van der Waals surface area (Å²) in [5, 5.41) is 0.506. The number of hydrogen-bond donors (Lipinski definition) is 0. The Morgan fingerprint density at radius 2 is 1.51 bits per heavy atom. The van der Waals surface area contributed by atoms with Crippen molar-refractivity contribution in [3.63, 3.8) is 0 Å². The van der Waals surface area contributed by atoms with E-state index in [-0.39, 0.29) is 42.6 Å². The average Bonchev–Trinajstić information content (AvgIpc) is 3.31. The van der Waals surface area contributed by atoms with Gasteiger partial charge in [-0.25, -0.2) is 4.79 Å². The van der Waals surface area contributed by atoms with Gasteiger partial charge in [-0.15, -0.1) is 5.06 Å². The number of hydroxylamine groups is 2. The first-order valence-corrected chi connectivity index (χ1v) is 13.4. The monoisotopic (exact) mass is 487 g/mol. The highest BCUT2D eigenvalue weighted by Crippen LogP contribution is 2.66. The zero-order valence-electron chi connectivity index (χ0n) is 20.9. The molecule has 0 aromatic carbocycles. The van der Waals surface area contributed by atoms with Crippen LogP contribution in [0.5, 0.6) is 0 Å². The molecule has 35 heavy (non-hydrogen) atoms. The van der Waals surface area contributed by atoms with Crippen molar-refractivity contribution < 1.29 is 33.5 Å². The second-order valence-electron chi connectivity index (χ2n) is 12.0. The van der Waals surface area contributed by atoms with Crippen LogP contribution in [0.3, 0.4) is 0 Å². The summed E-state index contributed by atoms with van der Waals surface area (Å²) in [6, 6.07) is 0. The van der Waals surface area contributed by atoms with Crippen LogP contribution in [0.4, 0.5) is 0 Å². The first-order valence-electron chi connectivity index (χ1n) is 13.4. The molecule has 0 aromatic rings. The van der Waals surface area contributed by atoms with Gasteiger partial charge in [-0.1, -0.05) is 13.8 Å². The van der Waals surface area contributed by atoms with E-state index in [4.69, 9.17) is 9.57 Å². The summed E-state index contributed by atoms with van der Waals surface area (Å²) in [6.45, 7) is 4.70. The van der Waals surface area contributed by atoms with Gasteiger partial charge in [0.05, 0.1) is 12.8 Å². The van der Waals surface area contributed by atoms with Gasteiger partial charge in [0, 0.05) is 31.1 Å². The van der Waals surface area contributed by atoms with Crippen LogP contribution in [0.2, 0.25) is 0 Å². The SMILES string of the molecule is CC12CCC(=O)CC1CCC1C2CCC2(C)C(OC(=O)CCC(=O)ON3C(=O)CCC3=O)CCC12. The minimum absolute atomic E-state index is 0.0371. The molecule has 7 atom stereocenters. The molecule has 0 bridgehead atoms. The lowest BCUT2D eigenvalue weighted by Crippen LogP contribution is -2.54. The Labute approximate surface area is 206 Å². The van der Waals surface area contributed by atoms with Crippen molar-refractivity contribution in [2.24, 2.45) is 34.5 Å². The maximum atomic E-state index is 12.6. The number of carbonyl (C=O) groups excluding carboxylic acids is 5. The van der Waals surface area contributed by atoms with Crippen LogP contribution in [-0.4, -0.2) is 40.7 Å². The van der Waals surface area contributed by atoms with Crippen molar-refractivity contribution in [2.45, 2.75) is 103 Å². The molecule has 4 saturated carbocycles. The smallest absolute Gasteiger partial charge is 0.333 e. The van der Waals surface area contributed by atoms with Gasteiger partial charge in [-0.05, 0) is 74.0 Å². The fourth-order valence-corrected chi connectivity index (χ4v) is 8.42. The summed E-state index contributed by atoms with van der Waals surface area (Å²) in [4.78, 5) is 64.8. The fraction of sp³-hybridized carbons (Fsp3) is 0.815. The van der Waals surface area contributed by atoms with E-state index in [0.29, 0.717) is 34.5 Å². The minimum Gasteiger partial charge on any atom is -0.462 e. The van der Waals surface area contributed by atoms with E-state index in [0.717, 1.165) is 51.4 Å². The predicted molar refractivity (Wildman–Crippen MR) is 123 cm³/mol. The lowest BCUT2D eigenvalue weighted by molar-refractivity contribution is -0.198. The zero-order chi connectivity index (χ0) is 25.0. The number of Topliss-reactive ketones (excluding diaryl/α,β-unsaturated/α-hetero) is 1. The molecule has 1 aliphatic heterocycles. The van der Waals surface area contributed by atoms with E-state index >= 15 is 0 Å². The number of esters is 1. The quantitative estimate of drug-likeness (QED) is 0.428. The summed E-state index contributed by atoms with van der Waals surface area (Å²) >= 11 is 0. The van der Waals surface area contributed by atoms with Gasteiger partial charge >= 0.3 is 11.9 Å². The third kappa shape index (κ3) is 4.20. The lowest BCUT2D eigenvalue weighted by Gasteiger charge is -2.60. The second kappa shape index (κ2) is 9.00. The Morgan fingerprint density at radius 1 is 0.829 bits per heavy atom. The number of nitrogens with zero attached hydrogens (tertiary/aromatic N) is 1. The van der Waals surface area contributed by atoms with E-state index in [2.05, 4.69) is 13.8 Å². The number of ether oxygens (including phenoxy) is 1. The molecule has 2 amide bonds. The normalized spacial score (nSPS) is 40.7. The van der Waals surface area contributed by atoms with Gasteiger partial charge in [-0.2, -0.15) is 0 Å². The molecule has 5 fully saturated rings. The highest BCUT2D eigenvalue weighted by atomic mass is 16.7. The maximum absolute atomic E-state index is 12.6. The first-order chi connectivity index (χ1) is 16.6. The molecule has 5 aliphatic rings. The molecule has 8 heteroatoms. The largest absolute Gasteiger partial charge is 0.462 e. The van der Waals surface area contributed by atoms with E-state index < -0.39 is 23.8 Å². The third-order valence-electron chi connectivity index (χ3n) is 10.4. The highest BCUT2D eigenvalue weighted by molar-refractivity contribution is 6.01. The molecule has 7 unspecified atom stereocenters. The van der Waals surface area contributed by atoms with Crippen LogP contribution in [0.15, 0.2) is 0 Å². The Morgan fingerprint density at radius 3 is 2.26 bits per heavy atom. The number of ketones is 1. The molecule has 1 saturated heterocycles. The van der Waals surface area contributed by atoms with Crippen molar-refractivity contribution in [2.75, 3.05) is 0 Å². The van der Waals surface area contributed by atoms with Gasteiger partial charge in [0.1, 0.15) is 11.9 Å². The zero-order valence-corrected chi connectivity index (χ0v) is 20.9. The molecule has 0 radical (unpaired) electrons. The molecule has 1 heterocycles. The van der Waals surface area contributed by atoms with Crippen LogP contribution in [0, 0.1) is 34.5 Å². The summed E-state index contributed by atoms with van der Waals surface area (Å²) in [6.07, 6.45) is 8.39. The number of imide groups is 1. The molecular weight excluding hydrogens is 450 g/mol. The van der Waals surface area contributed by atoms with Gasteiger partial charge < -0.3 is 9.57 Å². The van der Waals surface area contributed by atoms with Crippen LogP contribution < -0.4 is 0 Å². The number of fused-ring (bicyclic) bond motifs is 5. The molecule has 0 spiro atoms. The molecular formula is C27H37NO7. The topological polar surface area (TPSA) is 107 Å². The number of amides is 2. The number of carbonyl (C=O) groups is 5. The van der Waals surface area contributed by atoms with Crippen LogP contribution in [0.1, 0.15) is 97.3 Å². The standard InChI is InChI=1S/C27H37NO7/c1-26-13-11-17(29)15-16(26)3-4-18-19-5-6-21(27(19,2)14-12-20(18)26)34-24(32)9-10-25(33)35-28-22(30)7-8-23(28)31/h16,18-21H,3-15H2,1-2H3. The van der Waals surface area contributed by atoms with Crippen molar-refractivity contribution >= 4 is 29.5 Å². The Hall–Kier alpha value is -2.25. The molecule has 0 N–H and O–H groups in total. The molecule has 0 aromatic heterocycles. The van der Waals surface area contributed by atoms with E-state index in [9.17, 15) is 24.0 Å². The summed E-state index contributed by atoms with van der Waals surface area (Å²) < 4.78 is 5.93. The highest BCUT2D eigenvalue weighted by Gasteiger charge is 2.61. The first kappa shape index (κ1) is 24.4. The fourth-order valence-electron chi connectivity index (χ4n) is 8.42. The Kier molecular flexibility index (Phi) is 6.29. The molecule has 4 aliphatic carbocycles. The van der Waals surface area contributed by atoms with E-state index in [1.165, 1.54) is 6.42 Å². The van der Waals surface area contributed by atoms with E-state index in [1.54, 1.807) is 0 Å². The van der Waals surface area contributed by atoms with Crippen LogP contribution in [0.25, 0.3) is 0 Å². The Balaban J connectivity index is 1.17. The summed E-state index contributed by atoms with van der Waals surface area (Å²) in [5.74, 6) is 0.464. The van der Waals surface area contributed by atoms with Gasteiger partial charge in [0.25, 0.3) is 11.8 Å². The molecule has 192 valence electrons. The summed E-state index contributed by atoms with van der Waals surface area (Å²) in [5.41, 5.74) is 0.199. The predicted octanol–water partition coefficient (Wildman–Crippen LogP) is 3.90. The second-order valence-corrected chi connectivity index (χ2v) is 12.0. The Bertz CT molecular complexity index is 930. The van der Waals surface area contributed by atoms with Crippen molar-refractivity contribution in [1.82, 2.24) is 5.06 Å². The molecule has 5 rings (SSSR count). The maximum Gasteiger partial charge on any atom is 0.333 e. The summed E-state index contributed by atoms with van der Waals surface area (Å²) in [7, 11) is 0. The van der Waals surface area contributed by atoms with Gasteiger partial charge in [-0.3, -0.25) is 19.2 Å². The van der Waals surface area contributed by atoms with Crippen molar-refractivity contribution in [1.29, 1.82) is 0 Å². The lowest BCUT2D eigenvalue weighted by atomic mass is 9.45. The average molecular weight is 488 g/mol. The van der Waals surface area contributed by atoms with Crippen molar-refractivity contribution in [3.8, 4) is 0 Å². The van der Waals surface area contributed by atoms with Crippen LogP contribution in [-0.2, 0) is 33.5 Å². The number of rotatable bonds is 5. The minimum atomic E-state index is -0.780. The van der Waals surface area contributed by atoms with Crippen LogP contribution >= 0.6 is 0 Å². The third-order valence-corrected chi connectivity index (χ3v) is 10.4. The van der Waals surface area contributed by atoms with Gasteiger partial charge in [0.15, 0.2) is 0 Å². The number of hydrogen-bond acceptors (Lipinski definition) is 7. The molecule has 8 nitrogen and oxygen atoms in total. The van der Waals surface area contributed by atoms with E-state index in [1.807, 2.05) is 0 Å². The van der Waals surface area contributed by atoms with Gasteiger partial charge in [0.2, 0.25) is 0 Å².